The molecule has 1 aromatic rings. The number of nitrogens with two attached hydrogens (primary N) is 1. The molecular weight excluding hydrogens is 335 g/mol. The van der Waals surface area contributed by atoms with E-state index in [2.05, 4.69) is 10.2 Å². The van der Waals surface area contributed by atoms with E-state index < -0.39 is 5.92 Å². The van der Waals surface area contributed by atoms with Crippen molar-refractivity contribution in [1.82, 2.24) is 10.2 Å². The number of carbonyl (C=O) groups excluding carboxylic acids is 2. The van der Waals surface area contributed by atoms with Crippen molar-refractivity contribution in [1.29, 1.82) is 0 Å². The van der Waals surface area contributed by atoms with Gasteiger partial charge in [-0.25, -0.2) is 4.39 Å². The summed E-state index contributed by atoms with van der Waals surface area (Å²) in [5.74, 6) is -1.33. The van der Waals surface area contributed by atoms with Gasteiger partial charge in [0.25, 0.3) is 0 Å². The summed E-state index contributed by atoms with van der Waals surface area (Å²) in [6.45, 7) is 3.70. The molecule has 1 unspecified atom stereocenters. The van der Waals surface area contributed by atoms with E-state index in [1.807, 2.05) is 11.0 Å². The third kappa shape index (κ3) is 3.33. The maximum absolute atomic E-state index is 14.6. The average molecular weight is 360 g/mol. The summed E-state index contributed by atoms with van der Waals surface area (Å²) in [4.78, 5) is 27.7. The average Bonchev–Trinajstić information content (AvgIpc) is 2.56. The summed E-state index contributed by atoms with van der Waals surface area (Å²) in [5.41, 5.74) is 7.18. The molecule has 0 radical (unpaired) electrons. The number of hydrogen-bond donors (Lipinski definition) is 2. The molecule has 3 heterocycles. The van der Waals surface area contributed by atoms with Crippen LogP contribution < -0.4 is 16.0 Å². The molecule has 3 aliphatic rings. The number of rotatable bonds is 3. The Balaban J connectivity index is 1.38. The number of nitrogens with one attached hydrogen (secondary N) is 1. The first-order valence-electron chi connectivity index (χ1n) is 9.39. The van der Waals surface area contributed by atoms with E-state index in [0.29, 0.717) is 36.2 Å². The van der Waals surface area contributed by atoms with Crippen LogP contribution in [0.25, 0.3) is 0 Å². The normalized spacial score (nSPS) is 25.9. The molecule has 0 spiro atoms. The van der Waals surface area contributed by atoms with Gasteiger partial charge in [0.05, 0.1) is 11.6 Å². The number of likely N-dealkylation sites (tertiary alicyclic amines) is 1. The summed E-state index contributed by atoms with van der Waals surface area (Å²) in [5, 5.41) is 2.33. The molecule has 0 saturated carbocycles. The van der Waals surface area contributed by atoms with E-state index in [-0.39, 0.29) is 17.6 Å². The summed E-state index contributed by atoms with van der Waals surface area (Å²) in [6, 6.07) is 5.81. The topological polar surface area (TPSA) is 78.7 Å². The van der Waals surface area contributed by atoms with E-state index in [1.165, 1.54) is 6.07 Å². The lowest BCUT2D eigenvalue weighted by molar-refractivity contribution is -0.134. The third-order valence-electron chi connectivity index (χ3n) is 5.91. The van der Waals surface area contributed by atoms with Crippen LogP contribution in [0, 0.1) is 5.82 Å². The van der Waals surface area contributed by atoms with Crippen molar-refractivity contribution in [2.24, 2.45) is 5.73 Å². The van der Waals surface area contributed by atoms with Gasteiger partial charge in [-0.15, -0.1) is 0 Å². The number of anilines is 1. The quantitative estimate of drug-likeness (QED) is 0.785. The van der Waals surface area contributed by atoms with Crippen molar-refractivity contribution >= 4 is 17.5 Å². The van der Waals surface area contributed by atoms with Gasteiger partial charge in [0.2, 0.25) is 11.8 Å². The van der Waals surface area contributed by atoms with Crippen LogP contribution >= 0.6 is 0 Å². The standard InChI is InChI=1S/C19H25FN4O2/c20-16-9-12(15-2-4-18(25)22-19(15)26)1-3-17(16)24-10-14(11-24)23-7-5-13(21)6-8-23/h1,3,9,13-15H,2,4-8,10-11,21H2,(H,22,25,26). The molecule has 26 heavy (non-hydrogen) atoms. The molecule has 7 heteroatoms. The first-order chi connectivity index (χ1) is 12.5. The fourth-order valence-corrected chi connectivity index (χ4v) is 4.18. The molecule has 0 bridgehead atoms. The van der Waals surface area contributed by atoms with Gasteiger partial charge < -0.3 is 10.6 Å². The Morgan fingerprint density at radius 2 is 1.85 bits per heavy atom. The lowest BCUT2D eigenvalue weighted by Gasteiger charge is -2.48. The fourth-order valence-electron chi connectivity index (χ4n) is 4.18. The molecule has 6 nitrogen and oxygen atoms in total. The Hall–Kier alpha value is -1.99. The number of hydrogen-bond acceptors (Lipinski definition) is 5. The van der Waals surface area contributed by atoms with E-state index in [9.17, 15) is 14.0 Å². The highest BCUT2D eigenvalue weighted by Gasteiger charge is 2.35. The summed E-state index contributed by atoms with van der Waals surface area (Å²) >= 11 is 0. The van der Waals surface area contributed by atoms with Gasteiger partial charge in [-0.2, -0.15) is 0 Å². The second-order valence-corrected chi connectivity index (χ2v) is 7.65. The zero-order valence-corrected chi connectivity index (χ0v) is 14.8. The van der Waals surface area contributed by atoms with Crippen LogP contribution in [-0.2, 0) is 9.59 Å². The van der Waals surface area contributed by atoms with Crippen LogP contribution in [0.15, 0.2) is 18.2 Å². The highest BCUT2D eigenvalue weighted by Crippen LogP contribution is 2.32. The number of imide groups is 1. The zero-order valence-electron chi connectivity index (χ0n) is 14.8. The lowest BCUT2D eigenvalue weighted by atomic mass is 9.90. The van der Waals surface area contributed by atoms with Crippen LogP contribution in [0.4, 0.5) is 10.1 Å². The van der Waals surface area contributed by atoms with E-state index in [0.717, 1.165) is 39.0 Å². The molecule has 140 valence electrons. The smallest absolute Gasteiger partial charge is 0.234 e. The molecule has 4 rings (SSSR count). The maximum atomic E-state index is 14.6. The van der Waals surface area contributed by atoms with Crippen molar-refractivity contribution in [3.63, 3.8) is 0 Å². The third-order valence-corrected chi connectivity index (χ3v) is 5.91. The van der Waals surface area contributed by atoms with Gasteiger partial charge in [-0.3, -0.25) is 19.8 Å². The van der Waals surface area contributed by atoms with Crippen molar-refractivity contribution in [3.8, 4) is 0 Å². The number of benzene rings is 1. The van der Waals surface area contributed by atoms with E-state index in [4.69, 9.17) is 5.73 Å². The number of amides is 2. The monoisotopic (exact) mass is 360 g/mol. The minimum Gasteiger partial charge on any atom is -0.366 e. The first kappa shape index (κ1) is 17.4. The Morgan fingerprint density at radius 3 is 2.50 bits per heavy atom. The highest BCUT2D eigenvalue weighted by atomic mass is 19.1. The Bertz CT molecular complexity index is 711. The van der Waals surface area contributed by atoms with Crippen LogP contribution in [0.2, 0.25) is 0 Å². The minimum atomic E-state index is -0.446. The van der Waals surface area contributed by atoms with Crippen molar-refractivity contribution in [3.05, 3.63) is 29.6 Å². The maximum Gasteiger partial charge on any atom is 0.234 e. The van der Waals surface area contributed by atoms with Gasteiger partial charge in [0.15, 0.2) is 0 Å². The molecule has 3 saturated heterocycles. The lowest BCUT2D eigenvalue weighted by Crippen LogP contribution is -2.61. The zero-order chi connectivity index (χ0) is 18.3. The Kier molecular flexibility index (Phi) is 4.67. The molecule has 2 amide bonds. The molecule has 0 aliphatic carbocycles. The predicted molar refractivity (Wildman–Crippen MR) is 96.3 cm³/mol. The largest absolute Gasteiger partial charge is 0.366 e. The Morgan fingerprint density at radius 1 is 1.12 bits per heavy atom. The SMILES string of the molecule is NC1CCN(C2CN(c3ccc(C4CCC(=O)NC4=O)cc3F)C2)CC1. The molecule has 3 N–H and O–H groups in total. The summed E-state index contributed by atoms with van der Waals surface area (Å²) < 4.78 is 14.6. The van der Waals surface area contributed by atoms with Gasteiger partial charge in [-0.1, -0.05) is 6.07 Å². The van der Waals surface area contributed by atoms with Gasteiger partial charge in [-0.05, 0) is 37.0 Å². The second-order valence-electron chi connectivity index (χ2n) is 7.65. The summed E-state index contributed by atoms with van der Waals surface area (Å²) in [7, 11) is 0. The molecular formula is C19H25FN4O2. The minimum absolute atomic E-state index is 0.256. The van der Waals surface area contributed by atoms with Crippen LogP contribution in [0.1, 0.15) is 37.2 Å². The van der Waals surface area contributed by atoms with Crippen molar-refractivity contribution in [2.75, 3.05) is 31.1 Å². The molecule has 1 atom stereocenters. The van der Waals surface area contributed by atoms with E-state index >= 15 is 0 Å². The van der Waals surface area contributed by atoms with Crippen LogP contribution in [-0.4, -0.2) is 55.0 Å². The van der Waals surface area contributed by atoms with Crippen LogP contribution in [0.3, 0.4) is 0 Å². The van der Waals surface area contributed by atoms with Crippen molar-refractivity contribution < 1.29 is 14.0 Å². The number of carbonyl (C=O) groups is 2. The molecule has 1 aromatic carbocycles. The van der Waals surface area contributed by atoms with Gasteiger partial charge in [0.1, 0.15) is 5.82 Å². The van der Waals surface area contributed by atoms with Gasteiger partial charge >= 0.3 is 0 Å². The second kappa shape index (κ2) is 6.96. The predicted octanol–water partition coefficient (Wildman–Crippen LogP) is 0.958. The van der Waals surface area contributed by atoms with Gasteiger partial charge in [0, 0.05) is 44.7 Å². The van der Waals surface area contributed by atoms with E-state index in [1.54, 1.807) is 6.07 Å². The Labute approximate surface area is 152 Å². The summed E-state index contributed by atoms with van der Waals surface area (Å²) in [6.07, 6.45) is 2.80. The fraction of sp³-hybridized carbons (Fsp3) is 0.579. The van der Waals surface area contributed by atoms with Crippen LogP contribution in [0.5, 0.6) is 0 Å². The highest BCUT2D eigenvalue weighted by molar-refractivity contribution is 6.00. The number of halogens is 1. The first-order valence-corrected chi connectivity index (χ1v) is 9.39. The molecule has 0 aromatic heterocycles. The number of nitrogens with zero attached hydrogens (tertiary/aromatic N) is 2. The molecule has 3 fully saturated rings. The molecule has 3 aliphatic heterocycles. The van der Waals surface area contributed by atoms with Crippen molar-refractivity contribution in [2.45, 2.75) is 43.7 Å². The number of piperidine rings is 2.